The molecule has 0 bridgehead atoms. The minimum atomic E-state index is -1.40. The number of urea groups is 1. The van der Waals surface area contributed by atoms with E-state index in [0.717, 1.165) is 25.7 Å². The second-order valence-electron chi connectivity index (χ2n) is 4.85. The Balaban J connectivity index is 2.31. The van der Waals surface area contributed by atoms with Crippen LogP contribution in [0.15, 0.2) is 0 Å². The summed E-state index contributed by atoms with van der Waals surface area (Å²) >= 11 is 0. The van der Waals surface area contributed by atoms with Gasteiger partial charge in [0, 0.05) is 6.54 Å². The molecule has 108 valence electrons. The lowest BCUT2D eigenvalue weighted by molar-refractivity contribution is -0.145. The number of hydrogen-bond donors (Lipinski definition) is 4. The highest BCUT2D eigenvalue weighted by Crippen LogP contribution is 2.22. The number of aliphatic carboxylic acids is 2. The predicted molar refractivity (Wildman–Crippen MR) is 66.8 cm³/mol. The molecule has 0 unspecified atom stereocenters. The van der Waals surface area contributed by atoms with E-state index in [4.69, 9.17) is 10.2 Å². The Morgan fingerprint density at radius 3 is 2.26 bits per heavy atom. The van der Waals surface area contributed by atoms with Crippen LogP contribution in [-0.4, -0.2) is 40.8 Å². The third-order valence-corrected chi connectivity index (χ3v) is 3.26. The minimum absolute atomic E-state index is 0.433. The maximum Gasteiger partial charge on any atom is 0.326 e. The quantitative estimate of drug-likeness (QED) is 0.570. The SMILES string of the molecule is O=C(O)C[C@H](NC(=O)NCC1CCCCC1)C(=O)O. The minimum Gasteiger partial charge on any atom is -0.481 e. The normalized spacial score (nSPS) is 17.5. The van der Waals surface area contributed by atoms with Gasteiger partial charge >= 0.3 is 18.0 Å². The average molecular weight is 272 g/mol. The Kier molecular flexibility index (Phi) is 6.11. The largest absolute Gasteiger partial charge is 0.481 e. The average Bonchev–Trinajstić information content (AvgIpc) is 2.36. The zero-order valence-electron chi connectivity index (χ0n) is 10.7. The summed E-state index contributed by atoms with van der Waals surface area (Å²) in [5, 5.41) is 22.1. The number of carboxylic acids is 2. The lowest BCUT2D eigenvalue weighted by Gasteiger charge is -2.22. The van der Waals surface area contributed by atoms with Crippen LogP contribution >= 0.6 is 0 Å². The van der Waals surface area contributed by atoms with E-state index in [0.29, 0.717) is 12.5 Å². The summed E-state index contributed by atoms with van der Waals surface area (Å²) in [5.41, 5.74) is 0. The Morgan fingerprint density at radius 1 is 1.11 bits per heavy atom. The Morgan fingerprint density at radius 2 is 1.74 bits per heavy atom. The van der Waals surface area contributed by atoms with Crippen molar-refractivity contribution in [2.24, 2.45) is 5.92 Å². The van der Waals surface area contributed by atoms with Gasteiger partial charge in [0.15, 0.2) is 0 Å². The zero-order valence-corrected chi connectivity index (χ0v) is 10.7. The van der Waals surface area contributed by atoms with Gasteiger partial charge in [0.05, 0.1) is 6.42 Å². The molecule has 1 aliphatic rings. The number of carbonyl (C=O) groups excluding carboxylic acids is 1. The second-order valence-corrected chi connectivity index (χ2v) is 4.85. The lowest BCUT2D eigenvalue weighted by Crippen LogP contribution is -2.48. The molecule has 7 nitrogen and oxygen atoms in total. The maximum absolute atomic E-state index is 11.5. The highest BCUT2D eigenvalue weighted by atomic mass is 16.4. The first-order valence-corrected chi connectivity index (χ1v) is 6.48. The molecule has 4 N–H and O–H groups in total. The van der Waals surface area contributed by atoms with Gasteiger partial charge in [0.1, 0.15) is 6.04 Å². The lowest BCUT2D eigenvalue weighted by atomic mass is 9.89. The third kappa shape index (κ3) is 6.08. The highest BCUT2D eigenvalue weighted by molar-refractivity contribution is 5.86. The summed E-state index contributed by atoms with van der Waals surface area (Å²) in [6.45, 7) is 0.505. The number of amides is 2. The number of carboxylic acid groups (broad SMARTS) is 2. The molecule has 0 aromatic heterocycles. The molecular formula is C12H20N2O5. The standard InChI is InChI=1S/C12H20N2O5/c15-10(16)6-9(11(17)18)14-12(19)13-7-8-4-2-1-3-5-8/h8-9H,1-7H2,(H,15,16)(H,17,18)(H2,13,14,19)/t9-/m0/s1. The molecule has 1 rings (SSSR count). The van der Waals surface area contributed by atoms with Crippen molar-refractivity contribution in [2.75, 3.05) is 6.54 Å². The Labute approximate surface area is 111 Å². The fourth-order valence-corrected chi connectivity index (χ4v) is 2.21. The van der Waals surface area contributed by atoms with Crippen molar-refractivity contribution in [1.29, 1.82) is 0 Å². The summed E-state index contributed by atoms with van der Waals surface area (Å²) in [7, 11) is 0. The molecule has 1 saturated carbocycles. The van der Waals surface area contributed by atoms with E-state index in [2.05, 4.69) is 10.6 Å². The summed E-state index contributed by atoms with van der Waals surface area (Å²) in [6.07, 6.45) is 5.04. The highest BCUT2D eigenvalue weighted by Gasteiger charge is 2.23. The smallest absolute Gasteiger partial charge is 0.326 e. The first-order valence-electron chi connectivity index (χ1n) is 6.48. The van der Waals surface area contributed by atoms with Gasteiger partial charge in [-0.2, -0.15) is 0 Å². The zero-order chi connectivity index (χ0) is 14.3. The van der Waals surface area contributed by atoms with Gasteiger partial charge in [-0.3, -0.25) is 4.79 Å². The van der Waals surface area contributed by atoms with E-state index in [9.17, 15) is 14.4 Å². The van der Waals surface area contributed by atoms with Crippen LogP contribution in [0.3, 0.4) is 0 Å². The van der Waals surface area contributed by atoms with E-state index < -0.39 is 30.4 Å². The van der Waals surface area contributed by atoms with Crippen molar-refractivity contribution in [3.8, 4) is 0 Å². The van der Waals surface area contributed by atoms with Crippen molar-refractivity contribution >= 4 is 18.0 Å². The molecule has 2 amide bonds. The van der Waals surface area contributed by atoms with Crippen molar-refractivity contribution < 1.29 is 24.6 Å². The topological polar surface area (TPSA) is 116 Å². The third-order valence-electron chi connectivity index (χ3n) is 3.26. The van der Waals surface area contributed by atoms with Crippen LogP contribution in [0.25, 0.3) is 0 Å². The van der Waals surface area contributed by atoms with Crippen LogP contribution in [0.2, 0.25) is 0 Å². The van der Waals surface area contributed by atoms with E-state index in [1.54, 1.807) is 0 Å². The monoisotopic (exact) mass is 272 g/mol. The van der Waals surface area contributed by atoms with Gasteiger partial charge in [0.2, 0.25) is 0 Å². The second kappa shape index (κ2) is 7.60. The van der Waals surface area contributed by atoms with Crippen molar-refractivity contribution in [3.63, 3.8) is 0 Å². The molecule has 19 heavy (non-hydrogen) atoms. The van der Waals surface area contributed by atoms with Gasteiger partial charge in [-0.1, -0.05) is 19.3 Å². The maximum atomic E-state index is 11.5. The van der Waals surface area contributed by atoms with Crippen LogP contribution in [0.4, 0.5) is 4.79 Å². The first-order chi connectivity index (χ1) is 8.99. The molecule has 0 spiro atoms. The van der Waals surface area contributed by atoms with Crippen molar-refractivity contribution in [3.05, 3.63) is 0 Å². The molecule has 0 radical (unpaired) electrons. The van der Waals surface area contributed by atoms with E-state index in [-0.39, 0.29) is 0 Å². The van der Waals surface area contributed by atoms with Gasteiger partial charge in [-0.05, 0) is 18.8 Å². The first kappa shape index (κ1) is 15.3. The Hall–Kier alpha value is -1.79. The predicted octanol–water partition coefficient (Wildman–Crippen LogP) is 0.794. The fourth-order valence-electron chi connectivity index (χ4n) is 2.21. The number of carbonyl (C=O) groups is 3. The summed E-state index contributed by atoms with van der Waals surface area (Å²) in [4.78, 5) is 32.7. The van der Waals surface area contributed by atoms with Crippen LogP contribution < -0.4 is 10.6 Å². The summed E-state index contributed by atoms with van der Waals surface area (Å²) in [5.74, 6) is -2.18. The molecule has 0 heterocycles. The molecular weight excluding hydrogens is 252 g/mol. The van der Waals surface area contributed by atoms with E-state index >= 15 is 0 Å². The van der Waals surface area contributed by atoms with Gasteiger partial charge < -0.3 is 20.8 Å². The van der Waals surface area contributed by atoms with E-state index in [1.807, 2.05) is 0 Å². The van der Waals surface area contributed by atoms with Crippen LogP contribution in [0.1, 0.15) is 38.5 Å². The summed E-state index contributed by atoms with van der Waals surface area (Å²) in [6, 6.07) is -2.02. The molecule has 1 aliphatic carbocycles. The van der Waals surface area contributed by atoms with E-state index in [1.165, 1.54) is 6.42 Å². The van der Waals surface area contributed by atoms with Crippen molar-refractivity contribution in [1.82, 2.24) is 10.6 Å². The van der Waals surface area contributed by atoms with Gasteiger partial charge in [-0.25, -0.2) is 9.59 Å². The molecule has 0 saturated heterocycles. The van der Waals surface area contributed by atoms with Gasteiger partial charge in [0.25, 0.3) is 0 Å². The number of hydrogen-bond acceptors (Lipinski definition) is 3. The van der Waals surface area contributed by atoms with Crippen LogP contribution in [-0.2, 0) is 9.59 Å². The molecule has 1 fully saturated rings. The molecule has 0 aliphatic heterocycles. The number of nitrogens with one attached hydrogen (secondary N) is 2. The summed E-state index contributed by atoms with van der Waals surface area (Å²) < 4.78 is 0. The van der Waals surface area contributed by atoms with Gasteiger partial charge in [-0.15, -0.1) is 0 Å². The number of rotatable bonds is 6. The van der Waals surface area contributed by atoms with Crippen molar-refractivity contribution in [2.45, 2.75) is 44.6 Å². The fraction of sp³-hybridized carbons (Fsp3) is 0.750. The molecule has 0 aromatic rings. The molecule has 7 heteroatoms. The molecule has 1 atom stereocenters. The molecule has 0 aromatic carbocycles. The van der Waals surface area contributed by atoms with Crippen LogP contribution in [0, 0.1) is 5.92 Å². The van der Waals surface area contributed by atoms with Crippen LogP contribution in [0.5, 0.6) is 0 Å². The Bertz CT molecular complexity index is 339.